The van der Waals surface area contributed by atoms with Crippen molar-refractivity contribution in [2.45, 2.75) is 36.7 Å². The molecule has 2 saturated heterocycles. The Morgan fingerprint density at radius 3 is 2.85 bits per heavy atom. The first-order valence-corrected chi connectivity index (χ1v) is 8.14. The van der Waals surface area contributed by atoms with Gasteiger partial charge in [0.05, 0.1) is 6.61 Å². The molecule has 5 heteroatoms. The van der Waals surface area contributed by atoms with E-state index in [1.54, 1.807) is 0 Å². The van der Waals surface area contributed by atoms with Crippen LogP contribution in [0.3, 0.4) is 0 Å². The Bertz CT molecular complexity index is 479. The molecule has 2 N–H and O–H groups in total. The Balaban J connectivity index is 1.72. The fraction of sp³-hybridized carbons (Fsp3) is 0.600. The topological polar surface area (TPSA) is 35.2 Å². The fourth-order valence-corrected chi connectivity index (χ4v) is 4.61. The van der Waals surface area contributed by atoms with Gasteiger partial charge in [-0.15, -0.1) is 0 Å². The second kappa shape index (κ2) is 6.00. The molecule has 110 valence electrons. The molecule has 0 spiro atoms. The van der Waals surface area contributed by atoms with Crippen LogP contribution in [0.4, 0.5) is 8.78 Å². The van der Waals surface area contributed by atoms with Crippen LogP contribution in [0, 0.1) is 17.6 Å². The molecule has 20 heavy (non-hydrogen) atoms. The lowest BCUT2D eigenvalue weighted by molar-refractivity contribution is -0.0334. The van der Waals surface area contributed by atoms with E-state index in [9.17, 15) is 8.78 Å². The molecule has 0 radical (unpaired) electrons. The predicted molar refractivity (Wildman–Crippen MR) is 76.6 cm³/mol. The van der Waals surface area contributed by atoms with Gasteiger partial charge in [0, 0.05) is 16.9 Å². The van der Waals surface area contributed by atoms with E-state index in [2.05, 4.69) is 0 Å². The van der Waals surface area contributed by atoms with Crippen LogP contribution in [0.25, 0.3) is 0 Å². The number of thioether (sulfide) groups is 1. The van der Waals surface area contributed by atoms with Gasteiger partial charge in [-0.25, -0.2) is 8.78 Å². The largest absolute Gasteiger partial charge is 0.371 e. The molecule has 0 saturated carbocycles. The predicted octanol–water partition coefficient (Wildman–Crippen LogP) is 3.27. The van der Waals surface area contributed by atoms with Crippen molar-refractivity contribution in [2.75, 3.05) is 12.4 Å². The van der Waals surface area contributed by atoms with Gasteiger partial charge in [0.25, 0.3) is 0 Å². The molecule has 0 aliphatic carbocycles. The van der Waals surface area contributed by atoms with Crippen LogP contribution >= 0.6 is 11.8 Å². The average Bonchev–Trinajstić information content (AvgIpc) is 2.96. The lowest BCUT2D eigenvalue weighted by Crippen LogP contribution is -2.42. The van der Waals surface area contributed by atoms with Gasteiger partial charge in [-0.05, 0) is 49.1 Å². The summed E-state index contributed by atoms with van der Waals surface area (Å²) < 4.78 is 32.9. The van der Waals surface area contributed by atoms with Gasteiger partial charge in [0.15, 0.2) is 0 Å². The van der Waals surface area contributed by atoms with E-state index in [0.717, 1.165) is 18.6 Å². The third-order valence-electron chi connectivity index (χ3n) is 4.21. The Kier molecular flexibility index (Phi) is 4.29. The molecule has 0 amide bonds. The molecular formula is C15H19F2NOS. The van der Waals surface area contributed by atoms with Crippen molar-refractivity contribution >= 4 is 11.8 Å². The highest BCUT2D eigenvalue weighted by atomic mass is 32.2. The van der Waals surface area contributed by atoms with Crippen molar-refractivity contribution in [2.24, 2.45) is 11.7 Å². The van der Waals surface area contributed by atoms with Crippen molar-refractivity contribution in [3.63, 3.8) is 0 Å². The first kappa shape index (κ1) is 14.3. The van der Waals surface area contributed by atoms with Crippen molar-refractivity contribution in [1.82, 2.24) is 0 Å². The van der Waals surface area contributed by atoms with Gasteiger partial charge in [0.2, 0.25) is 0 Å². The normalized spacial score (nSPS) is 34.4. The maximum absolute atomic E-state index is 13.8. The molecule has 2 nitrogen and oxygen atoms in total. The van der Waals surface area contributed by atoms with Crippen molar-refractivity contribution in [3.8, 4) is 0 Å². The van der Waals surface area contributed by atoms with Crippen LogP contribution in [-0.2, 0) is 4.74 Å². The summed E-state index contributed by atoms with van der Waals surface area (Å²) in [5.41, 5.74) is 6.41. The first-order chi connectivity index (χ1) is 9.65. The molecule has 1 unspecified atom stereocenters. The molecule has 4 atom stereocenters. The highest BCUT2D eigenvalue weighted by molar-refractivity contribution is 8.00. The van der Waals surface area contributed by atoms with Crippen molar-refractivity contribution < 1.29 is 13.5 Å². The summed E-state index contributed by atoms with van der Waals surface area (Å²) in [6, 6.07) is 3.18. The third-order valence-corrected chi connectivity index (χ3v) is 5.78. The van der Waals surface area contributed by atoms with Crippen molar-refractivity contribution in [1.29, 1.82) is 0 Å². The van der Waals surface area contributed by atoms with Crippen LogP contribution < -0.4 is 5.73 Å². The van der Waals surface area contributed by atoms with Gasteiger partial charge in [0.1, 0.15) is 17.7 Å². The molecule has 1 aromatic rings. The number of ether oxygens (including phenoxy) is 1. The summed E-state index contributed by atoms with van der Waals surface area (Å²) in [5.74, 6) is 0.745. The zero-order valence-corrected chi connectivity index (χ0v) is 12.0. The minimum Gasteiger partial charge on any atom is -0.371 e. The van der Waals surface area contributed by atoms with Gasteiger partial charge in [-0.3, -0.25) is 0 Å². The highest BCUT2D eigenvalue weighted by Gasteiger charge is 2.36. The highest BCUT2D eigenvalue weighted by Crippen LogP contribution is 2.39. The van der Waals surface area contributed by atoms with Crippen LogP contribution in [0.5, 0.6) is 0 Å². The van der Waals surface area contributed by atoms with Gasteiger partial charge < -0.3 is 10.5 Å². The lowest BCUT2D eigenvalue weighted by atomic mass is 9.87. The molecule has 0 bridgehead atoms. The third kappa shape index (κ3) is 2.85. The molecule has 2 aliphatic rings. The van der Waals surface area contributed by atoms with E-state index in [4.69, 9.17) is 10.5 Å². The van der Waals surface area contributed by atoms with Crippen LogP contribution in [0.2, 0.25) is 0 Å². The second-order valence-corrected chi connectivity index (χ2v) is 6.98. The number of benzene rings is 1. The standard InChI is InChI=1S/C15H19F2NOS/c16-10-3-4-12(17)11(7-10)15-13(18)6-9(8-19-15)14-2-1-5-20-14/h3-4,7,9,13-15H,1-2,5-6,8,18H2/t9-,13+,14?,15-/m1/s1. The molecule has 0 aromatic heterocycles. The maximum atomic E-state index is 13.8. The van der Waals surface area contributed by atoms with Gasteiger partial charge in [-0.2, -0.15) is 11.8 Å². The Morgan fingerprint density at radius 2 is 2.15 bits per heavy atom. The summed E-state index contributed by atoms with van der Waals surface area (Å²) in [7, 11) is 0. The van der Waals surface area contributed by atoms with E-state index in [1.807, 2.05) is 11.8 Å². The zero-order chi connectivity index (χ0) is 14.1. The smallest absolute Gasteiger partial charge is 0.129 e. The Hall–Kier alpha value is -0.650. The van der Waals surface area contributed by atoms with E-state index >= 15 is 0 Å². The van der Waals surface area contributed by atoms with Gasteiger partial charge >= 0.3 is 0 Å². The number of halogens is 2. The number of hydrogen-bond donors (Lipinski definition) is 1. The minimum atomic E-state index is -0.534. The molecule has 1 aromatic carbocycles. The molecular weight excluding hydrogens is 280 g/mol. The zero-order valence-electron chi connectivity index (χ0n) is 11.2. The molecule has 2 aliphatic heterocycles. The van der Waals surface area contributed by atoms with Crippen LogP contribution in [0.1, 0.15) is 30.9 Å². The number of rotatable bonds is 2. The molecule has 2 fully saturated rings. The quantitative estimate of drug-likeness (QED) is 0.910. The van der Waals surface area contributed by atoms with E-state index in [-0.39, 0.29) is 11.6 Å². The molecule has 2 heterocycles. The number of hydrogen-bond acceptors (Lipinski definition) is 3. The average molecular weight is 299 g/mol. The summed E-state index contributed by atoms with van der Waals surface area (Å²) >= 11 is 1.98. The summed E-state index contributed by atoms with van der Waals surface area (Å²) in [6.07, 6.45) is 2.75. The SMILES string of the molecule is N[C@H]1C[C@@H](C2CCCS2)CO[C@@H]1c1cc(F)ccc1F. The van der Waals surface area contributed by atoms with E-state index in [1.165, 1.54) is 24.7 Å². The summed E-state index contributed by atoms with van der Waals surface area (Å²) in [6.45, 7) is 0.589. The maximum Gasteiger partial charge on any atom is 0.129 e. The number of nitrogens with two attached hydrogens (primary N) is 1. The second-order valence-electron chi connectivity index (χ2n) is 5.63. The van der Waals surface area contributed by atoms with Crippen LogP contribution in [0.15, 0.2) is 18.2 Å². The Morgan fingerprint density at radius 1 is 1.30 bits per heavy atom. The fourth-order valence-electron chi connectivity index (χ4n) is 3.18. The first-order valence-electron chi connectivity index (χ1n) is 7.09. The van der Waals surface area contributed by atoms with Gasteiger partial charge in [-0.1, -0.05) is 0 Å². The molecule has 3 rings (SSSR count). The van der Waals surface area contributed by atoms with Crippen molar-refractivity contribution in [3.05, 3.63) is 35.4 Å². The summed E-state index contributed by atoms with van der Waals surface area (Å²) in [5, 5.41) is 0.611. The van der Waals surface area contributed by atoms with Crippen LogP contribution in [-0.4, -0.2) is 23.7 Å². The lowest BCUT2D eigenvalue weighted by Gasteiger charge is -2.36. The summed E-state index contributed by atoms with van der Waals surface area (Å²) in [4.78, 5) is 0. The van der Waals surface area contributed by atoms with E-state index < -0.39 is 17.7 Å². The minimum absolute atomic E-state index is 0.245. The van der Waals surface area contributed by atoms with E-state index in [0.29, 0.717) is 17.8 Å². The Labute approximate surface area is 122 Å². The monoisotopic (exact) mass is 299 g/mol.